The molecule has 0 aromatic heterocycles. The number of benzene rings is 3. The molecule has 0 bridgehead atoms. The summed E-state index contributed by atoms with van der Waals surface area (Å²) in [5.41, 5.74) is 2.83. The zero-order chi connectivity index (χ0) is 29.0. The smallest absolute Gasteiger partial charge is 0.408 e. The van der Waals surface area contributed by atoms with E-state index in [0.717, 1.165) is 16.7 Å². The van der Waals surface area contributed by atoms with Gasteiger partial charge in [-0.1, -0.05) is 105 Å². The van der Waals surface area contributed by atoms with Crippen LogP contribution in [0.2, 0.25) is 0 Å². The fourth-order valence-corrected chi connectivity index (χ4v) is 4.61. The van der Waals surface area contributed by atoms with E-state index in [4.69, 9.17) is 9.47 Å². The van der Waals surface area contributed by atoms with Gasteiger partial charge in [-0.2, -0.15) is 0 Å². The quantitative estimate of drug-likeness (QED) is 0.302. The van der Waals surface area contributed by atoms with Crippen LogP contribution in [0.15, 0.2) is 96.0 Å². The molecule has 3 aromatic carbocycles. The summed E-state index contributed by atoms with van der Waals surface area (Å²) in [5, 5.41) is 5.57. The normalized spacial score (nSPS) is 15.8. The predicted molar refractivity (Wildman–Crippen MR) is 157 cm³/mol. The number of ketones is 1. The van der Waals surface area contributed by atoms with Gasteiger partial charge >= 0.3 is 6.09 Å². The number of hydrogen-bond donors (Lipinski definition) is 2. The van der Waals surface area contributed by atoms with Gasteiger partial charge in [-0.15, -0.1) is 0 Å². The Labute approximate surface area is 241 Å². The molecule has 3 aromatic rings. The lowest BCUT2D eigenvalue weighted by molar-refractivity contribution is -0.127. The number of hydrogen-bond acceptors (Lipinski definition) is 6. The molecule has 214 valence electrons. The molecule has 8 nitrogen and oxygen atoms in total. The number of alkyl carbamates (subject to hydrolysis) is 1. The lowest BCUT2D eigenvalue weighted by Crippen LogP contribution is -2.53. The van der Waals surface area contributed by atoms with Crippen LogP contribution in [0.25, 0.3) is 0 Å². The number of rotatable bonds is 13. The third-order valence-corrected chi connectivity index (χ3v) is 6.77. The number of ether oxygens (including phenoxy) is 2. The molecule has 0 aliphatic carbocycles. The highest BCUT2D eigenvalue weighted by atomic mass is 16.5. The number of aliphatic imine (C=N–C) groups is 1. The highest BCUT2D eigenvalue weighted by Gasteiger charge is 2.33. The molecule has 0 spiro atoms. The second-order valence-electron chi connectivity index (χ2n) is 10.5. The molecule has 0 saturated carbocycles. The minimum Gasteiger partial charge on any atom is -0.473 e. The molecule has 4 rings (SSSR count). The van der Waals surface area contributed by atoms with Gasteiger partial charge in [0.25, 0.3) is 5.90 Å². The van der Waals surface area contributed by atoms with Crippen molar-refractivity contribution in [2.24, 2.45) is 10.9 Å². The molecule has 3 atom stereocenters. The van der Waals surface area contributed by atoms with Crippen LogP contribution >= 0.6 is 0 Å². The van der Waals surface area contributed by atoms with E-state index in [1.54, 1.807) is 0 Å². The van der Waals surface area contributed by atoms with Gasteiger partial charge in [-0.25, -0.2) is 9.79 Å². The van der Waals surface area contributed by atoms with Crippen molar-refractivity contribution in [3.05, 3.63) is 108 Å². The molecule has 0 saturated heterocycles. The lowest BCUT2D eigenvalue weighted by atomic mass is 9.99. The highest BCUT2D eigenvalue weighted by molar-refractivity contribution is 6.39. The molecule has 8 heteroatoms. The minimum atomic E-state index is -0.882. The molecule has 2 amide bonds. The maximum absolute atomic E-state index is 13.6. The predicted octanol–water partition coefficient (Wildman–Crippen LogP) is 5.18. The number of carbonyl (C=O) groups is 3. The van der Waals surface area contributed by atoms with Crippen LogP contribution in [-0.4, -0.2) is 42.4 Å². The van der Waals surface area contributed by atoms with E-state index in [1.807, 2.05) is 105 Å². The average molecular weight is 556 g/mol. The Hall–Kier alpha value is -4.46. The SMILES string of the molecule is CC(C)CC(NC(=O)OCc1ccccc1)C(=O)NC(CCc1ccccc1)C(=O)C1=NC(c2ccccc2)CO1. The molecular weight excluding hydrogens is 518 g/mol. The van der Waals surface area contributed by atoms with Gasteiger partial charge < -0.3 is 20.1 Å². The van der Waals surface area contributed by atoms with Gasteiger partial charge in [0, 0.05) is 0 Å². The second kappa shape index (κ2) is 14.8. The third-order valence-electron chi connectivity index (χ3n) is 6.77. The van der Waals surface area contributed by atoms with Gasteiger partial charge in [0.2, 0.25) is 11.7 Å². The van der Waals surface area contributed by atoms with Crippen molar-refractivity contribution >= 4 is 23.7 Å². The van der Waals surface area contributed by atoms with Crippen molar-refractivity contribution in [1.29, 1.82) is 0 Å². The van der Waals surface area contributed by atoms with Crippen molar-refractivity contribution in [3.8, 4) is 0 Å². The lowest BCUT2D eigenvalue weighted by Gasteiger charge is -2.23. The van der Waals surface area contributed by atoms with Crippen LogP contribution in [0, 0.1) is 5.92 Å². The number of nitrogens with one attached hydrogen (secondary N) is 2. The maximum atomic E-state index is 13.6. The summed E-state index contributed by atoms with van der Waals surface area (Å²) in [5.74, 6) is -0.733. The molecule has 2 N–H and O–H groups in total. The Morgan fingerprint density at radius 1 is 0.854 bits per heavy atom. The minimum absolute atomic E-state index is 0.00727. The van der Waals surface area contributed by atoms with E-state index >= 15 is 0 Å². The number of carbonyl (C=O) groups excluding carboxylic acids is 3. The summed E-state index contributed by atoms with van der Waals surface area (Å²) in [6.45, 7) is 4.26. The molecule has 3 unspecified atom stereocenters. The molecular formula is C33H37N3O5. The van der Waals surface area contributed by atoms with E-state index in [0.29, 0.717) is 19.3 Å². The van der Waals surface area contributed by atoms with Crippen molar-refractivity contribution < 1.29 is 23.9 Å². The highest BCUT2D eigenvalue weighted by Crippen LogP contribution is 2.23. The topological polar surface area (TPSA) is 106 Å². The van der Waals surface area contributed by atoms with Crippen LogP contribution in [0.4, 0.5) is 4.79 Å². The Morgan fingerprint density at radius 3 is 2.10 bits per heavy atom. The van der Waals surface area contributed by atoms with Crippen LogP contribution in [-0.2, 0) is 32.1 Å². The number of Topliss-reactive ketones (excluding diaryl/α,β-unsaturated/α-hetero) is 1. The van der Waals surface area contributed by atoms with Gasteiger partial charge in [0.1, 0.15) is 25.3 Å². The van der Waals surface area contributed by atoms with Crippen molar-refractivity contribution in [2.75, 3.05) is 6.61 Å². The fraction of sp³-hybridized carbons (Fsp3) is 0.333. The van der Waals surface area contributed by atoms with Gasteiger partial charge in [-0.05, 0) is 41.9 Å². The van der Waals surface area contributed by atoms with Gasteiger partial charge in [-0.3, -0.25) is 9.59 Å². The Kier molecular flexibility index (Phi) is 10.7. The summed E-state index contributed by atoms with van der Waals surface area (Å²) in [4.78, 5) is 44.3. The first-order valence-corrected chi connectivity index (χ1v) is 14.0. The average Bonchev–Trinajstić information content (AvgIpc) is 3.49. The first-order chi connectivity index (χ1) is 19.9. The molecule has 41 heavy (non-hydrogen) atoms. The maximum Gasteiger partial charge on any atom is 0.408 e. The zero-order valence-electron chi connectivity index (χ0n) is 23.5. The van der Waals surface area contributed by atoms with E-state index in [1.165, 1.54) is 0 Å². The first kappa shape index (κ1) is 29.5. The summed E-state index contributed by atoms with van der Waals surface area (Å²) >= 11 is 0. The van der Waals surface area contributed by atoms with E-state index in [-0.39, 0.29) is 36.9 Å². The Bertz CT molecular complexity index is 1310. The van der Waals surface area contributed by atoms with E-state index in [2.05, 4.69) is 15.6 Å². The number of nitrogens with zero attached hydrogens (tertiary/aromatic N) is 1. The summed E-state index contributed by atoms with van der Waals surface area (Å²) in [6.07, 6.45) is 0.587. The summed E-state index contributed by atoms with van der Waals surface area (Å²) < 4.78 is 11.1. The van der Waals surface area contributed by atoms with Crippen LogP contribution in [0.5, 0.6) is 0 Å². The Balaban J connectivity index is 1.46. The van der Waals surface area contributed by atoms with E-state index < -0.39 is 24.1 Å². The third kappa shape index (κ3) is 9.03. The van der Waals surface area contributed by atoms with Crippen LogP contribution < -0.4 is 10.6 Å². The van der Waals surface area contributed by atoms with Gasteiger partial charge in [0.05, 0.1) is 6.04 Å². The summed E-state index contributed by atoms with van der Waals surface area (Å²) in [6, 6.07) is 26.6. The zero-order valence-corrected chi connectivity index (χ0v) is 23.5. The number of amides is 2. The van der Waals surface area contributed by atoms with Gasteiger partial charge in [0.15, 0.2) is 0 Å². The fourth-order valence-electron chi connectivity index (χ4n) is 4.61. The molecule has 1 aliphatic rings. The molecule has 1 heterocycles. The monoisotopic (exact) mass is 555 g/mol. The Morgan fingerprint density at radius 2 is 1.46 bits per heavy atom. The summed E-state index contributed by atoms with van der Waals surface area (Å²) in [7, 11) is 0. The standard InChI is InChI=1S/C33H37N3O5/c1-23(2)20-28(36-33(39)41-21-25-14-8-4-9-15-25)31(38)34-27(19-18-24-12-6-3-7-13-24)30(37)32-35-29(22-40-32)26-16-10-5-11-17-26/h3-17,23,27-29H,18-22H2,1-2H3,(H,34,38)(H,36,39). The van der Waals surface area contributed by atoms with Crippen molar-refractivity contribution in [3.63, 3.8) is 0 Å². The van der Waals surface area contributed by atoms with Crippen LogP contribution in [0.1, 0.15) is 49.4 Å². The molecule has 0 fully saturated rings. The van der Waals surface area contributed by atoms with Crippen molar-refractivity contribution in [2.45, 2.75) is 57.8 Å². The number of aryl methyl sites for hydroxylation is 1. The van der Waals surface area contributed by atoms with Crippen molar-refractivity contribution in [1.82, 2.24) is 10.6 Å². The van der Waals surface area contributed by atoms with Crippen LogP contribution in [0.3, 0.4) is 0 Å². The first-order valence-electron chi connectivity index (χ1n) is 14.0. The molecule has 1 aliphatic heterocycles. The molecule has 0 radical (unpaired) electrons. The second-order valence-corrected chi connectivity index (χ2v) is 10.5. The van der Waals surface area contributed by atoms with E-state index in [9.17, 15) is 14.4 Å². The largest absolute Gasteiger partial charge is 0.473 e.